The molecule has 0 amide bonds. The van der Waals surface area contributed by atoms with Crippen LogP contribution in [0.4, 0.5) is 0 Å². The van der Waals surface area contributed by atoms with E-state index in [9.17, 15) is 0 Å². The molecule has 17 heavy (non-hydrogen) atoms. The summed E-state index contributed by atoms with van der Waals surface area (Å²) >= 11 is 3.50. The topological polar surface area (TPSA) is 21.3 Å². The molecule has 0 aliphatic rings. The van der Waals surface area contributed by atoms with Crippen LogP contribution in [0, 0.1) is 0 Å². The van der Waals surface area contributed by atoms with Crippen molar-refractivity contribution >= 4 is 15.9 Å². The predicted molar refractivity (Wildman–Crippen MR) is 76.5 cm³/mol. The molecule has 0 aliphatic heterocycles. The molecule has 0 saturated carbocycles. The van der Waals surface area contributed by atoms with E-state index in [1.54, 1.807) is 7.11 Å². The number of benzene rings is 1. The van der Waals surface area contributed by atoms with Crippen molar-refractivity contribution in [1.29, 1.82) is 0 Å². The van der Waals surface area contributed by atoms with Crippen molar-refractivity contribution in [3.8, 4) is 5.75 Å². The lowest BCUT2D eigenvalue weighted by atomic mass is 10.1. The van der Waals surface area contributed by atoms with E-state index in [-0.39, 0.29) is 0 Å². The molecule has 1 atom stereocenters. The summed E-state index contributed by atoms with van der Waals surface area (Å²) in [5.74, 6) is 0.870. The average Bonchev–Trinajstić information content (AvgIpc) is 2.34. The first-order valence-electron chi connectivity index (χ1n) is 5.87. The summed E-state index contributed by atoms with van der Waals surface area (Å²) < 4.78 is 6.22. The van der Waals surface area contributed by atoms with Gasteiger partial charge in [0.05, 0.1) is 11.6 Å². The molecular weight excluding hydrogens is 278 g/mol. The maximum absolute atomic E-state index is 5.22. The van der Waals surface area contributed by atoms with E-state index in [2.05, 4.69) is 52.5 Å². The summed E-state index contributed by atoms with van der Waals surface area (Å²) in [5.41, 5.74) is 1.26. The van der Waals surface area contributed by atoms with Crippen LogP contribution in [-0.4, -0.2) is 13.7 Å². The summed E-state index contributed by atoms with van der Waals surface area (Å²) in [6, 6.07) is 6.54. The van der Waals surface area contributed by atoms with Gasteiger partial charge in [-0.25, -0.2) is 0 Å². The van der Waals surface area contributed by atoms with E-state index in [1.165, 1.54) is 5.56 Å². The molecule has 0 radical (unpaired) electrons. The van der Waals surface area contributed by atoms with Gasteiger partial charge >= 0.3 is 0 Å². The summed E-state index contributed by atoms with van der Waals surface area (Å²) in [7, 11) is 1.68. The maximum Gasteiger partial charge on any atom is 0.133 e. The Balaban J connectivity index is 2.56. The van der Waals surface area contributed by atoms with Crippen LogP contribution in [-0.2, 0) is 0 Å². The number of methoxy groups -OCH3 is 1. The van der Waals surface area contributed by atoms with Gasteiger partial charge in [-0.2, -0.15) is 0 Å². The van der Waals surface area contributed by atoms with Gasteiger partial charge in [-0.15, -0.1) is 0 Å². The van der Waals surface area contributed by atoms with Gasteiger partial charge in [0.1, 0.15) is 5.75 Å². The van der Waals surface area contributed by atoms with Crippen LogP contribution in [0.2, 0.25) is 0 Å². The van der Waals surface area contributed by atoms with Crippen molar-refractivity contribution < 1.29 is 4.74 Å². The van der Waals surface area contributed by atoms with Crippen molar-refractivity contribution in [2.45, 2.75) is 26.3 Å². The standard InChI is InChI=1S/C14H20BrNO/c1-4-5-6-9-16-11(2)12-7-8-14(17-3)13(15)10-12/h4-5,7-8,10-11,16H,6,9H2,1-3H3/b5-4+. The molecule has 1 N–H and O–H groups in total. The first-order valence-corrected chi connectivity index (χ1v) is 6.66. The molecular formula is C14H20BrNO. The Hall–Kier alpha value is -0.800. The fraction of sp³-hybridized carbons (Fsp3) is 0.429. The number of rotatable bonds is 6. The van der Waals surface area contributed by atoms with Gasteiger partial charge in [0.25, 0.3) is 0 Å². The monoisotopic (exact) mass is 297 g/mol. The van der Waals surface area contributed by atoms with E-state index in [0.717, 1.165) is 23.2 Å². The summed E-state index contributed by atoms with van der Waals surface area (Å²) in [4.78, 5) is 0. The third kappa shape index (κ3) is 4.52. The van der Waals surface area contributed by atoms with Crippen LogP contribution in [0.25, 0.3) is 0 Å². The fourth-order valence-corrected chi connectivity index (χ4v) is 2.18. The molecule has 0 aliphatic carbocycles. The van der Waals surface area contributed by atoms with Crippen LogP contribution in [0.5, 0.6) is 5.75 Å². The third-order valence-electron chi connectivity index (χ3n) is 2.67. The van der Waals surface area contributed by atoms with Gasteiger partial charge in [0.15, 0.2) is 0 Å². The Bertz CT molecular complexity index is 376. The van der Waals surface area contributed by atoms with Gasteiger partial charge in [0, 0.05) is 6.04 Å². The Labute approximate surface area is 112 Å². The Kier molecular flexibility index (Phi) is 6.30. The lowest BCUT2D eigenvalue weighted by molar-refractivity contribution is 0.411. The largest absolute Gasteiger partial charge is 0.496 e. The molecule has 3 heteroatoms. The van der Waals surface area contributed by atoms with E-state index in [0.29, 0.717) is 6.04 Å². The third-order valence-corrected chi connectivity index (χ3v) is 3.29. The van der Waals surface area contributed by atoms with Crippen molar-refractivity contribution in [3.05, 3.63) is 40.4 Å². The van der Waals surface area contributed by atoms with Gasteiger partial charge in [-0.05, 0) is 60.4 Å². The average molecular weight is 298 g/mol. The number of halogens is 1. The molecule has 0 spiro atoms. The quantitative estimate of drug-likeness (QED) is 0.631. The molecule has 1 unspecified atom stereocenters. The van der Waals surface area contributed by atoms with Crippen LogP contribution in [0.15, 0.2) is 34.8 Å². The van der Waals surface area contributed by atoms with Crippen molar-refractivity contribution in [2.24, 2.45) is 0 Å². The summed E-state index contributed by atoms with van der Waals surface area (Å²) in [5, 5.41) is 3.49. The molecule has 1 rings (SSSR count). The smallest absolute Gasteiger partial charge is 0.133 e. The minimum atomic E-state index is 0.350. The number of nitrogens with one attached hydrogen (secondary N) is 1. The Morgan fingerprint density at radius 3 is 2.82 bits per heavy atom. The lowest BCUT2D eigenvalue weighted by Gasteiger charge is -2.15. The summed E-state index contributed by atoms with van der Waals surface area (Å²) in [6.45, 7) is 5.21. The first-order chi connectivity index (χ1) is 8.19. The second kappa shape index (κ2) is 7.51. The second-order valence-electron chi connectivity index (χ2n) is 3.93. The highest BCUT2D eigenvalue weighted by Gasteiger charge is 2.07. The first kappa shape index (κ1) is 14.3. The highest BCUT2D eigenvalue weighted by Crippen LogP contribution is 2.27. The number of ether oxygens (including phenoxy) is 1. The SMILES string of the molecule is C/C=C/CCNC(C)c1ccc(OC)c(Br)c1. The van der Waals surface area contributed by atoms with Gasteiger partial charge in [0.2, 0.25) is 0 Å². The number of allylic oxidation sites excluding steroid dienone is 1. The minimum absolute atomic E-state index is 0.350. The van der Waals surface area contributed by atoms with Crippen LogP contribution < -0.4 is 10.1 Å². The van der Waals surface area contributed by atoms with Crippen LogP contribution >= 0.6 is 15.9 Å². The molecule has 94 valence electrons. The highest BCUT2D eigenvalue weighted by atomic mass is 79.9. The van der Waals surface area contributed by atoms with Crippen molar-refractivity contribution in [1.82, 2.24) is 5.32 Å². The van der Waals surface area contributed by atoms with E-state index < -0.39 is 0 Å². The van der Waals surface area contributed by atoms with Crippen LogP contribution in [0.1, 0.15) is 31.9 Å². The minimum Gasteiger partial charge on any atom is -0.496 e. The number of hydrogen-bond acceptors (Lipinski definition) is 2. The lowest BCUT2D eigenvalue weighted by Crippen LogP contribution is -2.19. The predicted octanol–water partition coefficient (Wildman–Crippen LogP) is 4.07. The molecule has 0 fully saturated rings. The Morgan fingerprint density at radius 1 is 1.47 bits per heavy atom. The van der Waals surface area contributed by atoms with Gasteiger partial charge < -0.3 is 10.1 Å². The second-order valence-corrected chi connectivity index (χ2v) is 4.78. The summed E-state index contributed by atoms with van der Waals surface area (Å²) in [6.07, 6.45) is 5.32. The zero-order valence-electron chi connectivity index (χ0n) is 10.7. The molecule has 0 saturated heterocycles. The van der Waals surface area contributed by atoms with Crippen molar-refractivity contribution in [2.75, 3.05) is 13.7 Å². The highest BCUT2D eigenvalue weighted by molar-refractivity contribution is 9.10. The molecule has 2 nitrogen and oxygen atoms in total. The van der Waals surface area contributed by atoms with E-state index in [1.807, 2.05) is 13.0 Å². The molecule has 0 bridgehead atoms. The molecule has 0 heterocycles. The molecule has 0 aromatic heterocycles. The zero-order valence-corrected chi connectivity index (χ0v) is 12.3. The normalized spacial score (nSPS) is 12.9. The van der Waals surface area contributed by atoms with Gasteiger partial charge in [-0.1, -0.05) is 18.2 Å². The van der Waals surface area contributed by atoms with Crippen LogP contribution in [0.3, 0.4) is 0 Å². The van der Waals surface area contributed by atoms with E-state index in [4.69, 9.17) is 4.74 Å². The maximum atomic E-state index is 5.22. The Morgan fingerprint density at radius 2 is 2.24 bits per heavy atom. The van der Waals surface area contributed by atoms with Gasteiger partial charge in [-0.3, -0.25) is 0 Å². The van der Waals surface area contributed by atoms with Crippen molar-refractivity contribution in [3.63, 3.8) is 0 Å². The number of hydrogen-bond donors (Lipinski definition) is 1. The fourth-order valence-electron chi connectivity index (χ4n) is 1.62. The zero-order chi connectivity index (χ0) is 12.7. The molecule has 1 aromatic carbocycles. The van der Waals surface area contributed by atoms with E-state index >= 15 is 0 Å². The molecule has 1 aromatic rings.